The van der Waals surface area contributed by atoms with Crippen LogP contribution in [0.4, 0.5) is 10.1 Å². The van der Waals surface area contributed by atoms with Crippen molar-refractivity contribution < 1.29 is 27.4 Å². The number of aliphatic hydroxyl groups excluding tert-OH is 1. The van der Waals surface area contributed by atoms with Crippen LogP contribution in [-0.2, 0) is 10.0 Å². The molecule has 0 aromatic heterocycles. The Morgan fingerprint density at radius 1 is 1.24 bits per heavy atom. The summed E-state index contributed by atoms with van der Waals surface area (Å²) in [5.74, 6) is -0.560. The Labute approximate surface area is 194 Å². The number of sulfonamides is 1. The van der Waals surface area contributed by atoms with E-state index >= 15 is 0 Å². The van der Waals surface area contributed by atoms with Gasteiger partial charge in [-0.05, 0) is 63.5 Å². The molecule has 10 heteroatoms. The molecule has 2 aromatic rings. The van der Waals surface area contributed by atoms with E-state index in [0.717, 1.165) is 24.3 Å². The molecule has 0 unspecified atom stereocenters. The molecule has 0 saturated heterocycles. The molecular weight excluding hydrogens is 449 g/mol. The number of ether oxygens (including phenoxy) is 1. The number of carbonyl (C=O) groups excluding carboxylic acids is 1. The minimum atomic E-state index is -3.99. The van der Waals surface area contributed by atoms with Crippen molar-refractivity contribution in [3.8, 4) is 5.75 Å². The quantitative estimate of drug-likeness (QED) is 0.633. The Morgan fingerprint density at radius 2 is 1.91 bits per heavy atom. The van der Waals surface area contributed by atoms with Gasteiger partial charge in [0.25, 0.3) is 15.9 Å². The van der Waals surface area contributed by atoms with E-state index in [1.165, 1.54) is 12.1 Å². The molecule has 1 amide bonds. The Kier molecular flexibility index (Phi) is 7.61. The number of nitrogens with one attached hydrogen (secondary N) is 1. The molecule has 1 aliphatic heterocycles. The number of hydrogen-bond acceptors (Lipinski definition) is 6. The van der Waals surface area contributed by atoms with Gasteiger partial charge in [-0.2, -0.15) is 0 Å². The number of halogens is 1. The first-order valence-corrected chi connectivity index (χ1v) is 12.2. The van der Waals surface area contributed by atoms with Crippen LogP contribution in [0.1, 0.15) is 24.2 Å². The van der Waals surface area contributed by atoms with E-state index in [0.29, 0.717) is 18.8 Å². The molecule has 0 radical (unpaired) electrons. The number of nitrogens with zero attached hydrogens (tertiary/aromatic N) is 2. The van der Waals surface area contributed by atoms with E-state index in [4.69, 9.17) is 4.74 Å². The molecule has 0 aliphatic carbocycles. The van der Waals surface area contributed by atoms with Crippen molar-refractivity contribution in [2.24, 2.45) is 5.92 Å². The Morgan fingerprint density at radius 3 is 2.52 bits per heavy atom. The van der Waals surface area contributed by atoms with Gasteiger partial charge in [-0.15, -0.1) is 0 Å². The number of carbonyl (C=O) groups is 1. The van der Waals surface area contributed by atoms with Crippen molar-refractivity contribution in [3.63, 3.8) is 0 Å². The van der Waals surface area contributed by atoms with Gasteiger partial charge in [0.15, 0.2) is 0 Å². The highest BCUT2D eigenvalue weighted by molar-refractivity contribution is 7.92. The summed E-state index contributed by atoms with van der Waals surface area (Å²) in [4.78, 5) is 16.9. The van der Waals surface area contributed by atoms with E-state index in [2.05, 4.69) is 4.72 Å². The highest BCUT2D eigenvalue weighted by Gasteiger charge is 2.33. The highest BCUT2D eigenvalue weighted by atomic mass is 32.2. The Bertz CT molecular complexity index is 1090. The lowest BCUT2D eigenvalue weighted by Gasteiger charge is -2.37. The van der Waals surface area contributed by atoms with E-state index in [-0.39, 0.29) is 40.7 Å². The first-order valence-electron chi connectivity index (χ1n) is 10.7. The van der Waals surface area contributed by atoms with Crippen molar-refractivity contribution in [3.05, 3.63) is 53.8 Å². The zero-order chi connectivity index (χ0) is 24.3. The Hall–Kier alpha value is -2.69. The third-order valence-electron chi connectivity index (χ3n) is 5.59. The molecule has 180 valence electrons. The molecule has 33 heavy (non-hydrogen) atoms. The van der Waals surface area contributed by atoms with Gasteiger partial charge in [0.05, 0.1) is 23.1 Å². The van der Waals surface area contributed by atoms with Crippen LogP contribution >= 0.6 is 0 Å². The summed E-state index contributed by atoms with van der Waals surface area (Å²) in [6, 6.07) is 8.54. The molecule has 0 spiro atoms. The molecule has 0 fully saturated rings. The first-order chi connectivity index (χ1) is 15.5. The fraction of sp³-hybridized carbons (Fsp3) is 0.435. The second-order valence-electron chi connectivity index (χ2n) is 8.66. The third kappa shape index (κ3) is 5.82. The number of likely N-dealkylation sites (N-methyl/N-ethyl adjacent to an activating group) is 1. The number of anilines is 1. The van der Waals surface area contributed by atoms with Gasteiger partial charge >= 0.3 is 0 Å². The maximum atomic E-state index is 13.4. The monoisotopic (exact) mass is 479 g/mol. The summed E-state index contributed by atoms with van der Waals surface area (Å²) >= 11 is 0. The standard InChI is InChI=1S/C23H30FN3O5S/c1-15-12-27(16(2)14-28)23(29)20-11-18(7-10-21(20)32-22(15)13-26(3)4)25-33(30,31)19-8-5-17(24)6-9-19/h5-11,15-16,22,25,28H,12-14H2,1-4H3/t15-,16-,22-/m0/s1. The summed E-state index contributed by atoms with van der Waals surface area (Å²) in [7, 11) is -0.124. The number of benzene rings is 2. The van der Waals surface area contributed by atoms with Gasteiger partial charge in [0.2, 0.25) is 0 Å². The summed E-state index contributed by atoms with van der Waals surface area (Å²) in [6.45, 7) is 4.55. The predicted molar refractivity (Wildman–Crippen MR) is 123 cm³/mol. The second-order valence-corrected chi connectivity index (χ2v) is 10.3. The van der Waals surface area contributed by atoms with Crippen molar-refractivity contribution in [2.45, 2.75) is 30.9 Å². The molecule has 3 rings (SSSR count). The van der Waals surface area contributed by atoms with Crippen LogP contribution in [0.25, 0.3) is 0 Å². The van der Waals surface area contributed by atoms with Crippen LogP contribution in [0.5, 0.6) is 5.75 Å². The molecule has 0 bridgehead atoms. The molecule has 1 heterocycles. The predicted octanol–water partition coefficient (Wildman–Crippen LogP) is 2.41. The minimum absolute atomic E-state index is 0.00449. The summed E-state index contributed by atoms with van der Waals surface area (Å²) in [6.07, 6.45) is -0.220. The molecule has 2 N–H and O–H groups in total. The third-order valence-corrected chi connectivity index (χ3v) is 6.98. The van der Waals surface area contributed by atoms with Gasteiger partial charge in [0, 0.05) is 24.7 Å². The van der Waals surface area contributed by atoms with Gasteiger partial charge in [-0.1, -0.05) is 6.92 Å². The van der Waals surface area contributed by atoms with E-state index in [1.54, 1.807) is 17.9 Å². The number of fused-ring (bicyclic) bond motifs is 1. The van der Waals surface area contributed by atoms with Crippen LogP contribution in [-0.4, -0.2) is 75.2 Å². The lowest BCUT2D eigenvalue weighted by Crippen LogP contribution is -2.49. The highest BCUT2D eigenvalue weighted by Crippen LogP contribution is 2.31. The lowest BCUT2D eigenvalue weighted by atomic mass is 9.99. The van der Waals surface area contributed by atoms with Crippen LogP contribution in [0, 0.1) is 11.7 Å². The summed E-state index contributed by atoms with van der Waals surface area (Å²) in [5, 5.41) is 9.71. The average molecular weight is 480 g/mol. The van der Waals surface area contributed by atoms with Crippen LogP contribution < -0.4 is 9.46 Å². The maximum Gasteiger partial charge on any atom is 0.261 e. The van der Waals surface area contributed by atoms with Crippen molar-refractivity contribution in [1.29, 1.82) is 0 Å². The van der Waals surface area contributed by atoms with Gasteiger partial charge in [0.1, 0.15) is 17.7 Å². The Balaban J connectivity index is 2.00. The number of rotatable bonds is 7. The van der Waals surface area contributed by atoms with Crippen LogP contribution in [0.15, 0.2) is 47.4 Å². The normalized spacial score (nSPS) is 20.0. The smallest absolute Gasteiger partial charge is 0.261 e. The van der Waals surface area contributed by atoms with E-state index < -0.39 is 21.9 Å². The van der Waals surface area contributed by atoms with Crippen molar-refractivity contribution >= 4 is 21.6 Å². The first kappa shape index (κ1) is 24.9. The largest absolute Gasteiger partial charge is 0.488 e. The van der Waals surface area contributed by atoms with Gasteiger partial charge < -0.3 is 19.6 Å². The fourth-order valence-corrected chi connectivity index (χ4v) is 4.74. The van der Waals surface area contributed by atoms with Gasteiger partial charge in [-0.25, -0.2) is 12.8 Å². The molecular formula is C23H30FN3O5S. The summed E-state index contributed by atoms with van der Waals surface area (Å²) < 4.78 is 47.3. The molecule has 8 nitrogen and oxygen atoms in total. The van der Waals surface area contributed by atoms with Crippen molar-refractivity contribution in [2.75, 3.05) is 38.5 Å². The number of hydrogen-bond donors (Lipinski definition) is 2. The maximum absolute atomic E-state index is 13.4. The molecule has 0 saturated carbocycles. The zero-order valence-electron chi connectivity index (χ0n) is 19.2. The number of amides is 1. The minimum Gasteiger partial charge on any atom is -0.488 e. The molecule has 2 aromatic carbocycles. The van der Waals surface area contributed by atoms with Crippen LogP contribution in [0.3, 0.4) is 0 Å². The number of aliphatic hydroxyl groups is 1. The zero-order valence-corrected chi connectivity index (χ0v) is 20.0. The molecule has 1 aliphatic rings. The topological polar surface area (TPSA) is 99.2 Å². The van der Waals surface area contributed by atoms with E-state index in [9.17, 15) is 22.7 Å². The SMILES string of the molecule is C[C@H]1CN([C@@H](C)CO)C(=O)c2cc(NS(=O)(=O)c3ccc(F)cc3)ccc2O[C@H]1CN(C)C. The van der Waals surface area contributed by atoms with E-state index in [1.807, 2.05) is 25.9 Å². The summed E-state index contributed by atoms with van der Waals surface area (Å²) in [5.41, 5.74) is 0.370. The average Bonchev–Trinajstić information content (AvgIpc) is 2.76. The lowest BCUT2D eigenvalue weighted by molar-refractivity contribution is 0.0363. The second kappa shape index (κ2) is 10.1. The van der Waals surface area contributed by atoms with Crippen LogP contribution in [0.2, 0.25) is 0 Å². The van der Waals surface area contributed by atoms with Crippen molar-refractivity contribution in [1.82, 2.24) is 9.80 Å². The molecule has 3 atom stereocenters. The van der Waals surface area contributed by atoms with Gasteiger partial charge in [-0.3, -0.25) is 9.52 Å². The fourth-order valence-electron chi connectivity index (χ4n) is 3.69.